The third-order valence-electron chi connectivity index (χ3n) is 23.5. The molecular formula is C77H123Cl2F3N12O13. The maximum absolute atomic E-state index is 15.8. The van der Waals surface area contributed by atoms with Gasteiger partial charge in [-0.2, -0.15) is 13.2 Å². The van der Waals surface area contributed by atoms with Gasteiger partial charge in [0.1, 0.15) is 60.4 Å². The molecule has 25 nitrogen and oxygen atoms in total. The van der Waals surface area contributed by atoms with Crippen LogP contribution in [0.2, 0.25) is 0 Å². The second-order valence-electron chi connectivity index (χ2n) is 34.0. The second kappa shape index (κ2) is 37.2. The zero-order valence-corrected chi connectivity index (χ0v) is 67.7. The van der Waals surface area contributed by atoms with Crippen molar-refractivity contribution in [3.05, 3.63) is 12.2 Å². The number of carbonyl (C=O) groups is 12. The molecular weight excluding hydrogens is 1430 g/mol. The van der Waals surface area contributed by atoms with Crippen molar-refractivity contribution in [1.82, 2.24) is 60.0 Å². The van der Waals surface area contributed by atoms with Crippen LogP contribution >= 0.6 is 23.2 Å². The minimum absolute atomic E-state index is 0.0122. The highest BCUT2D eigenvalue weighted by molar-refractivity contribution is 6.30. The summed E-state index contributed by atoms with van der Waals surface area (Å²) in [4.78, 5) is 194. The minimum Gasteiger partial charge on any atom is -0.377 e. The van der Waals surface area contributed by atoms with Crippen LogP contribution in [-0.2, 0) is 62.3 Å². The Labute approximate surface area is 641 Å². The van der Waals surface area contributed by atoms with Crippen LogP contribution in [0.25, 0.3) is 0 Å². The Morgan fingerprint density at radius 3 is 1.88 bits per heavy atom. The van der Waals surface area contributed by atoms with Crippen LogP contribution in [0.1, 0.15) is 204 Å². The Morgan fingerprint density at radius 1 is 0.664 bits per heavy atom. The molecule has 13 atom stereocenters. The lowest BCUT2D eigenvalue weighted by Crippen LogP contribution is -2.71. The summed E-state index contributed by atoms with van der Waals surface area (Å²) in [5, 5.41) is 8.30. The molecule has 0 aromatic heterocycles. The van der Waals surface area contributed by atoms with Crippen molar-refractivity contribution in [1.29, 1.82) is 0 Å². The summed E-state index contributed by atoms with van der Waals surface area (Å²) in [5.74, 6) is -10.7. The van der Waals surface area contributed by atoms with Gasteiger partial charge in [-0.1, -0.05) is 80.4 Å². The van der Waals surface area contributed by atoms with Gasteiger partial charge in [0.2, 0.25) is 70.9 Å². The molecule has 0 aromatic rings. The fraction of sp³-hybridized carbons (Fsp3) is 0.818. The third-order valence-corrected chi connectivity index (χ3v) is 24.7. The number of nitrogens with one attached hydrogen (secondary N) is 3. The molecule has 3 heterocycles. The smallest absolute Gasteiger partial charge is 0.377 e. The highest BCUT2D eigenvalue weighted by Crippen LogP contribution is 2.50. The Bertz CT molecular complexity index is 3230. The number of hydrogen-bond donors (Lipinski definition) is 3. The van der Waals surface area contributed by atoms with E-state index in [-0.39, 0.29) is 120 Å². The average molecular weight is 1550 g/mol. The van der Waals surface area contributed by atoms with Gasteiger partial charge in [-0.3, -0.25) is 57.5 Å². The Hall–Kier alpha value is -6.29. The molecule has 0 aromatic carbocycles. The van der Waals surface area contributed by atoms with E-state index in [2.05, 4.69) is 16.0 Å². The Balaban J connectivity index is 1.34. The minimum atomic E-state index is -4.44. The van der Waals surface area contributed by atoms with E-state index in [1.807, 2.05) is 48.5 Å². The number of amides is 12. The van der Waals surface area contributed by atoms with Gasteiger partial charge in [0.25, 0.3) is 0 Å². The van der Waals surface area contributed by atoms with E-state index in [0.717, 1.165) is 9.80 Å². The zero-order valence-electron chi connectivity index (χ0n) is 66.2. The predicted octanol–water partition coefficient (Wildman–Crippen LogP) is 7.27. The van der Waals surface area contributed by atoms with Crippen LogP contribution in [0.3, 0.4) is 0 Å². The normalized spacial score (nSPS) is 31.7. The highest BCUT2D eigenvalue weighted by Gasteiger charge is 2.59. The van der Waals surface area contributed by atoms with Crippen molar-refractivity contribution in [3.8, 4) is 0 Å². The lowest BCUT2D eigenvalue weighted by molar-refractivity contribution is -0.184. The van der Waals surface area contributed by atoms with Crippen molar-refractivity contribution in [3.63, 3.8) is 0 Å². The molecule has 7 rings (SSSR count). The summed E-state index contributed by atoms with van der Waals surface area (Å²) in [7, 11) is 9.99. The molecule has 2 bridgehead atoms. The first-order chi connectivity index (χ1) is 50.0. The van der Waals surface area contributed by atoms with Crippen LogP contribution in [0.15, 0.2) is 12.2 Å². The first-order valence-corrected chi connectivity index (χ1v) is 39.8. The van der Waals surface area contributed by atoms with E-state index in [0.29, 0.717) is 51.4 Å². The topological polar surface area (TPSA) is 279 Å². The molecule has 6 fully saturated rings. The molecule has 0 radical (unpaired) electrons. The summed E-state index contributed by atoms with van der Waals surface area (Å²) in [6.45, 7) is 15.6. The van der Waals surface area contributed by atoms with Gasteiger partial charge in [-0.25, -0.2) is 0 Å². The standard InChI is InChI=1S/C77H123Cl2F3N12O13/c1-17-23-55-65(98)84-64(46(4)18-2)72(105)93(50-31-32-50)43-63(97)89(14)56-24-21-20-22-35-92(71(56)104)59(37-48-25-29-49(30-26-48)77(80,81)82)69(102)87(12)42-61(95)83-54(34-28-47-27-33-52(78)53(79)36-47)67(100)94-41-51(107-19-3)38-57(94)66(99)85-76(44-75(8,9)45-76)73(106)91(16)60(40-74(5,6)7)70(103)90(15)58(68(101)86(10)11)39-62(96)88(55)13/h20-21,46-60,64H,17-19,22-45H2,1-16H3,(H,83,95)(H,84,98)(H,85,99)/b21-20-/t46-,47?,48?,49?,51+,52?,53?,54-,55-,56-,57-,58-,59-,60-,64-/m0/s1. The molecule has 604 valence electrons. The predicted molar refractivity (Wildman–Crippen MR) is 399 cm³/mol. The van der Waals surface area contributed by atoms with Crippen LogP contribution in [0, 0.1) is 34.5 Å². The monoisotopic (exact) mass is 1550 g/mol. The molecule has 3 unspecified atom stereocenters. The number of hydrogen-bond acceptors (Lipinski definition) is 13. The fourth-order valence-electron chi connectivity index (χ4n) is 17.0. The summed E-state index contributed by atoms with van der Waals surface area (Å²) in [6, 6.07) is -10.8. The number of fused-ring (bicyclic) bond motifs is 3. The number of halogens is 5. The van der Waals surface area contributed by atoms with Gasteiger partial charge in [0.05, 0.1) is 30.4 Å². The number of ether oxygens (including phenoxy) is 1. The van der Waals surface area contributed by atoms with Crippen molar-refractivity contribution >= 4 is 94.1 Å². The molecule has 3 N–H and O–H groups in total. The lowest BCUT2D eigenvalue weighted by atomic mass is 9.58. The maximum Gasteiger partial charge on any atom is 0.391 e. The van der Waals surface area contributed by atoms with E-state index < -0.39 is 191 Å². The molecule has 107 heavy (non-hydrogen) atoms. The van der Waals surface area contributed by atoms with Gasteiger partial charge in [-0.05, 0) is 151 Å². The number of carbonyl (C=O) groups excluding carboxylic acids is 12. The highest BCUT2D eigenvalue weighted by atomic mass is 35.5. The van der Waals surface area contributed by atoms with Crippen molar-refractivity contribution in [2.75, 3.05) is 82.1 Å². The van der Waals surface area contributed by atoms with Crippen molar-refractivity contribution < 1.29 is 75.4 Å². The molecule has 4 saturated carbocycles. The Morgan fingerprint density at radius 2 is 1.31 bits per heavy atom. The van der Waals surface area contributed by atoms with E-state index in [1.54, 1.807) is 26.0 Å². The summed E-state index contributed by atoms with van der Waals surface area (Å²) in [5.41, 5.74) is -2.82. The number of nitrogens with zero attached hydrogens (tertiary/aromatic N) is 9. The summed E-state index contributed by atoms with van der Waals surface area (Å²) >= 11 is 13.3. The zero-order chi connectivity index (χ0) is 79.7. The van der Waals surface area contributed by atoms with Crippen molar-refractivity contribution in [2.45, 2.75) is 287 Å². The van der Waals surface area contributed by atoms with Crippen LogP contribution < -0.4 is 16.0 Å². The van der Waals surface area contributed by atoms with Crippen LogP contribution in [0.4, 0.5) is 13.2 Å². The van der Waals surface area contributed by atoms with Crippen LogP contribution in [-0.4, -0.2) is 280 Å². The van der Waals surface area contributed by atoms with E-state index in [4.69, 9.17) is 27.9 Å². The molecule has 3 aliphatic heterocycles. The molecule has 12 amide bonds. The maximum atomic E-state index is 15.8. The molecule has 7 aliphatic rings. The number of likely N-dealkylation sites (N-methyl/N-ethyl adjacent to an activating group) is 6. The van der Waals surface area contributed by atoms with Gasteiger partial charge < -0.3 is 64.8 Å². The number of rotatable bonds is 14. The SMILES string of the molecule is CCC[C@H]1C(=O)N[C@@H]([C@@H](C)CC)C(=O)N(C2CC2)CC(=O)N(C)[C@H]2C/C=C\CCN(C2=O)[C@@H](CC2CCC(C(F)(F)F)CC2)C(=O)N(C)CC(=O)N[C@@H](CCC2CCC(Cl)C(Cl)C2)C(=O)N2C[C@H](OCC)C[C@H]2C(=O)NC2(CC(C)(C)C2)C(=O)N(C)[C@@H](CC(C)(C)C)C(=O)N(C)[C@H](C(=O)N(C)C)CC(=O)N1C. The number of alkyl halides is 5. The summed E-state index contributed by atoms with van der Waals surface area (Å²) in [6.07, 6.45) is 2.10. The first-order valence-electron chi connectivity index (χ1n) is 38.9. The third kappa shape index (κ3) is 22.3. The lowest BCUT2D eigenvalue weighted by Gasteiger charge is -2.54. The van der Waals surface area contributed by atoms with Gasteiger partial charge >= 0.3 is 6.18 Å². The van der Waals surface area contributed by atoms with E-state index in [1.165, 1.54) is 83.6 Å². The molecule has 1 spiro atoms. The molecule has 30 heteroatoms. The quantitative estimate of drug-likeness (QED) is 0.114. The molecule has 4 aliphatic carbocycles. The first kappa shape index (κ1) is 87.9. The van der Waals surface area contributed by atoms with Crippen molar-refractivity contribution in [2.24, 2.45) is 34.5 Å². The van der Waals surface area contributed by atoms with E-state index >= 15 is 33.6 Å². The summed E-state index contributed by atoms with van der Waals surface area (Å²) < 4.78 is 48.7. The van der Waals surface area contributed by atoms with Crippen LogP contribution in [0.5, 0.6) is 0 Å². The molecule has 2 saturated heterocycles. The Kier molecular flexibility index (Phi) is 30.5. The van der Waals surface area contributed by atoms with E-state index in [9.17, 15) is 37.1 Å². The van der Waals surface area contributed by atoms with Gasteiger partial charge in [0, 0.05) is 86.9 Å². The van der Waals surface area contributed by atoms with Gasteiger partial charge in [0.15, 0.2) is 0 Å². The largest absolute Gasteiger partial charge is 0.391 e. The fourth-order valence-corrected chi connectivity index (χ4v) is 17.6. The van der Waals surface area contributed by atoms with Gasteiger partial charge in [-0.15, -0.1) is 23.2 Å². The average Bonchev–Trinajstić information content (AvgIpc) is 0.894. The second-order valence-corrected chi connectivity index (χ2v) is 35.2.